The van der Waals surface area contributed by atoms with Gasteiger partial charge in [0.2, 0.25) is 0 Å². The molecule has 130 valence electrons. The average Bonchev–Trinajstić information content (AvgIpc) is 2.98. The van der Waals surface area contributed by atoms with Crippen LogP contribution in [0.2, 0.25) is 0 Å². The molecule has 24 heavy (non-hydrogen) atoms. The number of rotatable bonds is 6. The Morgan fingerprint density at radius 2 is 2.00 bits per heavy atom. The van der Waals surface area contributed by atoms with E-state index in [-0.39, 0.29) is 11.0 Å². The van der Waals surface area contributed by atoms with Crippen molar-refractivity contribution in [2.24, 2.45) is 0 Å². The highest BCUT2D eigenvalue weighted by atomic mass is 16.5. The zero-order chi connectivity index (χ0) is 17.2. The normalized spacial score (nSPS) is 16.7. The van der Waals surface area contributed by atoms with Crippen LogP contribution in [-0.4, -0.2) is 31.0 Å². The summed E-state index contributed by atoms with van der Waals surface area (Å²) in [7, 11) is 1.70. The molecule has 1 aromatic heterocycles. The Labute approximate surface area is 143 Å². The van der Waals surface area contributed by atoms with Crippen LogP contribution in [0.1, 0.15) is 37.8 Å². The second kappa shape index (κ2) is 6.57. The van der Waals surface area contributed by atoms with Gasteiger partial charge in [0, 0.05) is 30.0 Å². The summed E-state index contributed by atoms with van der Waals surface area (Å²) in [6.45, 7) is 8.47. The Hall–Kier alpha value is -1.85. The van der Waals surface area contributed by atoms with Crippen LogP contribution >= 0.6 is 0 Å². The van der Waals surface area contributed by atoms with Crippen LogP contribution in [-0.2, 0) is 23.1 Å². The summed E-state index contributed by atoms with van der Waals surface area (Å²) >= 11 is 0. The number of nitrogens with zero attached hydrogens (tertiary/aromatic N) is 1. The first-order chi connectivity index (χ1) is 11.4. The van der Waals surface area contributed by atoms with Gasteiger partial charge in [-0.15, -0.1) is 0 Å². The monoisotopic (exact) mass is 330 g/mol. The number of aromatic nitrogens is 1. The maximum Gasteiger partial charge on any atom is 0.142 e. The van der Waals surface area contributed by atoms with E-state index in [0.717, 1.165) is 35.7 Å². The average molecular weight is 330 g/mol. The van der Waals surface area contributed by atoms with Gasteiger partial charge in [-0.05, 0) is 6.07 Å². The summed E-state index contributed by atoms with van der Waals surface area (Å²) < 4.78 is 16.4. The van der Waals surface area contributed by atoms with Crippen molar-refractivity contribution < 1.29 is 14.0 Å². The molecule has 0 unspecified atom stereocenters. The summed E-state index contributed by atoms with van der Waals surface area (Å²) in [6, 6.07) is 10.1. The number of nitrogens with one attached hydrogen (secondary N) is 1. The van der Waals surface area contributed by atoms with E-state index < -0.39 is 0 Å². The maximum absolute atomic E-state index is 5.50. The maximum atomic E-state index is 5.50. The molecule has 0 saturated carbocycles. The molecule has 1 N–H and O–H groups in total. The van der Waals surface area contributed by atoms with Gasteiger partial charge in [0.25, 0.3) is 0 Å². The topological polar surface area (TPSA) is 56.5 Å². The van der Waals surface area contributed by atoms with Gasteiger partial charge >= 0.3 is 0 Å². The second-order valence-electron chi connectivity index (χ2n) is 7.55. The molecule has 0 aliphatic carbocycles. The van der Waals surface area contributed by atoms with Gasteiger partial charge in [-0.2, -0.15) is 0 Å². The minimum absolute atomic E-state index is 0.0284. The quantitative estimate of drug-likeness (QED) is 0.882. The van der Waals surface area contributed by atoms with Crippen molar-refractivity contribution in [1.82, 2.24) is 10.5 Å². The number of methoxy groups -OCH3 is 1. The third-order valence-electron chi connectivity index (χ3n) is 4.42. The molecule has 0 spiro atoms. The van der Waals surface area contributed by atoms with Crippen LogP contribution in [0.3, 0.4) is 0 Å². The molecule has 1 saturated heterocycles. The van der Waals surface area contributed by atoms with Crippen LogP contribution in [0, 0.1) is 0 Å². The first-order valence-electron chi connectivity index (χ1n) is 8.33. The van der Waals surface area contributed by atoms with Gasteiger partial charge in [0.05, 0.1) is 31.6 Å². The summed E-state index contributed by atoms with van der Waals surface area (Å²) in [4.78, 5) is 0. The van der Waals surface area contributed by atoms with E-state index in [1.165, 1.54) is 0 Å². The third-order valence-corrected chi connectivity index (χ3v) is 4.42. The van der Waals surface area contributed by atoms with Crippen molar-refractivity contribution in [3.8, 4) is 5.75 Å². The molecule has 0 radical (unpaired) electrons. The predicted molar refractivity (Wildman–Crippen MR) is 92.3 cm³/mol. The second-order valence-corrected chi connectivity index (χ2v) is 7.55. The van der Waals surface area contributed by atoms with Crippen molar-refractivity contribution in [2.45, 2.75) is 44.7 Å². The lowest BCUT2D eigenvalue weighted by Crippen LogP contribution is -2.61. The zero-order valence-corrected chi connectivity index (χ0v) is 14.9. The highest BCUT2D eigenvalue weighted by Gasteiger charge is 2.39. The molecule has 0 amide bonds. The molecule has 2 aromatic rings. The standard InChI is InChI=1S/C19H26N2O3/c1-18(2,3)17-9-15(21-24-17)10-19(12-23-13-19)20-11-14-7-5-6-8-16(14)22-4/h5-9,20H,10-13H2,1-4H3. The minimum Gasteiger partial charge on any atom is -0.496 e. The Kier molecular flexibility index (Phi) is 4.65. The first kappa shape index (κ1) is 17.0. The number of benzene rings is 1. The molecule has 1 aliphatic heterocycles. The molecule has 1 aromatic carbocycles. The first-order valence-corrected chi connectivity index (χ1v) is 8.33. The molecular formula is C19H26N2O3. The summed E-state index contributed by atoms with van der Waals surface area (Å²) in [5, 5.41) is 7.88. The van der Waals surface area contributed by atoms with Gasteiger partial charge in [-0.3, -0.25) is 0 Å². The lowest BCUT2D eigenvalue weighted by molar-refractivity contribution is -0.0756. The van der Waals surface area contributed by atoms with Crippen LogP contribution in [0.5, 0.6) is 5.75 Å². The van der Waals surface area contributed by atoms with Crippen LogP contribution in [0.4, 0.5) is 0 Å². The molecule has 0 bridgehead atoms. The van der Waals surface area contributed by atoms with Gasteiger partial charge in [-0.25, -0.2) is 0 Å². The Balaban J connectivity index is 1.67. The number of hydrogen-bond donors (Lipinski definition) is 1. The Morgan fingerprint density at radius 3 is 2.58 bits per heavy atom. The molecule has 3 rings (SSSR count). The number of para-hydroxylation sites is 1. The SMILES string of the molecule is COc1ccccc1CNC1(Cc2cc(C(C)(C)C)on2)COC1. The van der Waals surface area contributed by atoms with Gasteiger partial charge < -0.3 is 19.3 Å². The molecule has 5 nitrogen and oxygen atoms in total. The van der Waals surface area contributed by atoms with E-state index in [1.807, 2.05) is 18.2 Å². The van der Waals surface area contributed by atoms with E-state index in [0.29, 0.717) is 13.2 Å². The van der Waals surface area contributed by atoms with Crippen molar-refractivity contribution >= 4 is 0 Å². The van der Waals surface area contributed by atoms with E-state index in [2.05, 4.69) is 43.4 Å². The Morgan fingerprint density at radius 1 is 1.25 bits per heavy atom. The lowest BCUT2D eigenvalue weighted by atomic mass is 9.89. The fourth-order valence-electron chi connectivity index (χ4n) is 2.84. The smallest absolute Gasteiger partial charge is 0.142 e. The van der Waals surface area contributed by atoms with Crippen molar-refractivity contribution in [1.29, 1.82) is 0 Å². The minimum atomic E-state index is -0.0904. The molecule has 1 aliphatic rings. The molecule has 5 heteroatoms. The van der Waals surface area contributed by atoms with Gasteiger partial charge in [-0.1, -0.05) is 44.1 Å². The van der Waals surface area contributed by atoms with E-state index in [9.17, 15) is 0 Å². The third kappa shape index (κ3) is 3.62. The summed E-state index contributed by atoms with van der Waals surface area (Å²) in [5.74, 6) is 1.81. The van der Waals surface area contributed by atoms with E-state index in [1.54, 1.807) is 7.11 Å². The summed E-state index contributed by atoms with van der Waals surface area (Å²) in [6.07, 6.45) is 0.793. The largest absolute Gasteiger partial charge is 0.496 e. The highest BCUT2D eigenvalue weighted by molar-refractivity contribution is 5.33. The van der Waals surface area contributed by atoms with E-state index >= 15 is 0 Å². The highest BCUT2D eigenvalue weighted by Crippen LogP contribution is 2.27. The van der Waals surface area contributed by atoms with Gasteiger partial charge in [0.15, 0.2) is 0 Å². The van der Waals surface area contributed by atoms with Gasteiger partial charge in [0.1, 0.15) is 11.5 Å². The van der Waals surface area contributed by atoms with Crippen LogP contribution < -0.4 is 10.1 Å². The van der Waals surface area contributed by atoms with Crippen LogP contribution in [0.15, 0.2) is 34.9 Å². The molecule has 2 heterocycles. The zero-order valence-electron chi connectivity index (χ0n) is 14.9. The Bertz CT molecular complexity index is 684. The van der Waals surface area contributed by atoms with Crippen LogP contribution in [0.25, 0.3) is 0 Å². The number of ether oxygens (including phenoxy) is 2. The lowest BCUT2D eigenvalue weighted by Gasteiger charge is -2.42. The van der Waals surface area contributed by atoms with E-state index in [4.69, 9.17) is 14.0 Å². The van der Waals surface area contributed by atoms with Crippen molar-refractivity contribution in [3.63, 3.8) is 0 Å². The summed E-state index contributed by atoms with van der Waals surface area (Å²) in [5.41, 5.74) is 1.99. The van der Waals surface area contributed by atoms with Crippen molar-refractivity contribution in [2.75, 3.05) is 20.3 Å². The molecular weight excluding hydrogens is 304 g/mol. The predicted octanol–water partition coefficient (Wildman–Crippen LogP) is 3.08. The number of hydrogen-bond acceptors (Lipinski definition) is 5. The molecule has 0 atom stereocenters. The fraction of sp³-hybridized carbons (Fsp3) is 0.526. The fourth-order valence-corrected chi connectivity index (χ4v) is 2.84. The molecule has 1 fully saturated rings. The van der Waals surface area contributed by atoms with Crippen molar-refractivity contribution in [3.05, 3.63) is 47.3 Å².